The molecule has 0 bridgehead atoms. The Balaban J connectivity index is 1.47. The van der Waals surface area contributed by atoms with Crippen molar-refractivity contribution in [1.29, 1.82) is 0 Å². The van der Waals surface area contributed by atoms with Gasteiger partial charge in [-0.05, 0) is 29.8 Å². The van der Waals surface area contributed by atoms with Crippen LogP contribution in [0, 0.1) is 0 Å². The molecule has 3 heterocycles. The van der Waals surface area contributed by atoms with Crippen molar-refractivity contribution in [3.05, 3.63) is 52.9 Å². The number of benzene rings is 2. The zero-order valence-electron chi connectivity index (χ0n) is 24.8. The van der Waals surface area contributed by atoms with Crippen LogP contribution in [-0.2, 0) is 42.9 Å². The molecule has 2 aromatic carbocycles. The van der Waals surface area contributed by atoms with Gasteiger partial charge >= 0.3 is 23.9 Å². The second kappa shape index (κ2) is 13.3. The SMILES string of the molecule is CC(=O)OC[C@H]1O[C@@H](Oc2ccc3c(=O)c(-c4ccc5c(c4)OCCO5)coc3c2)[C@@H](OC(C)=O)[C@@H](OC(C)=O)[C@@H]1OC(C)=O. The van der Waals surface area contributed by atoms with Crippen molar-refractivity contribution in [1.82, 2.24) is 0 Å². The second-order valence-corrected chi connectivity index (χ2v) is 10.2. The number of ether oxygens (including phenoxy) is 8. The van der Waals surface area contributed by atoms with E-state index in [4.69, 9.17) is 42.3 Å². The van der Waals surface area contributed by atoms with Crippen molar-refractivity contribution in [2.45, 2.75) is 58.4 Å². The predicted molar refractivity (Wildman–Crippen MR) is 151 cm³/mol. The van der Waals surface area contributed by atoms with E-state index in [9.17, 15) is 24.0 Å². The molecule has 5 atom stereocenters. The molecule has 1 fully saturated rings. The lowest BCUT2D eigenvalue weighted by atomic mass is 9.98. The minimum atomic E-state index is -1.45. The highest BCUT2D eigenvalue weighted by atomic mass is 16.7. The standard InChI is InChI=1S/C31H30O14/c1-15(32)39-14-26-28(41-16(2)33)29(42-17(3)34)30(43-18(4)35)31(45-26)44-20-6-7-21-24(12-20)40-13-22(27(21)36)19-5-8-23-25(11-19)38-10-9-37-23/h5-8,11-13,26,28-31H,9-10,14H2,1-4H3/t26-,28-,29+,30+,31-/m1/s1. The van der Waals surface area contributed by atoms with Crippen LogP contribution < -0.4 is 19.6 Å². The van der Waals surface area contributed by atoms with Crippen LogP contribution in [0.5, 0.6) is 17.2 Å². The van der Waals surface area contributed by atoms with Crippen LogP contribution in [-0.4, -0.2) is 74.4 Å². The molecule has 5 rings (SSSR count). The maximum Gasteiger partial charge on any atom is 0.303 e. The van der Waals surface area contributed by atoms with E-state index >= 15 is 0 Å². The predicted octanol–water partition coefficient (Wildman–Crippen LogP) is 2.69. The summed E-state index contributed by atoms with van der Waals surface area (Å²) in [4.78, 5) is 61.1. The van der Waals surface area contributed by atoms with Gasteiger partial charge < -0.3 is 42.3 Å². The summed E-state index contributed by atoms with van der Waals surface area (Å²) in [5, 5.41) is 0.247. The average molecular weight is 627 g/mol. The molecule has 0 radical (unpaired) electrons. The van der Waals surface area contributed by atoms with E-state index in [-0.39, 0.29) is 22.1 Å². The van der Waals surface area contributed by atoms with Crippen LogP contribution >= 0.6 is 0 Å². The number of carbonyl (C=O) groups excluding carboxylic acids is 4. The minimum Gasteiger partial charge on any atom is -0.486 e. The largest absolute Gasteiger partial charge is 0.486 e. The first kappa shape index (κ1) is 31.3. The first-order valence-corrected chi connectivity index (χ1v) is 13.9. The Labute approximate surface area is 256 Å². The van der Waals surface area contributed by atoms with Gasteiger partial charge in [-0.15, -0.1) is 0 Å². The van der Waals surface area contributed by atoms with Gasteiger partial charge in [0.2, 0.25) is 12.4 Å². The van der Waals surface area contributed by atoms with Gasteiger partial charge in [-0.1, -0.05) is 6.07 Å². The lowest BCUT2D eigenvalue weighted by molar-refractivity contribution is -0.288. The Kier molecular flexibility index (Phi) is 9.23. The Morgan fingerprint density at radius 2 is 1.44 bits per heavy atom. The molecule has 238 valence electrons. The van der Waals surface area contributed by atoms with E-state index in [0.717, 1.165) is 20.8 Å². The quantitative estimate of drug-likeness (QED) is 0.264. The van der Waals surface area contributed by atoms with E-state index in [1.54, 1.807) is 18.2 Å². The molecule has 2 aliphatic heterocycles. The van der Waals surface area contributed by atoms with Gasteiger partial charge in [-0.3, -0.25) is 24.0 Å². The molecule has 0 saturated carbocycles. The summed E-state index contributed by atoms with van der Waals surface area (Å²) >= 11 is 0. The molecule has 0 aliphatic carbocycles. The van der Waals surface area contributed by atoms with E-state index in [0.29, 0.717) is 35.8 Å². The van der Waals surface area contributed by atoms with Crippen molar-refractivity contribution in [3.63, 3.8) is 0 Å². The molecule has 14 nitrogen and oxygen atoms in total. The molecule has 1 aromatic heterocycles. The number of carbonyl (C=O) groups is 4. The Hall–Kier alpha value is -5.11. The van der Waals surface area contributed by atoms with Crippen LogP contribution in [0.15, 0.2) is 51.9 Å². The summed E-state index contributed by atoms with van der Waals surface area (Å²) in [6, 6.07) is 9.54. The van der Waals surface area contributed by atoms with Crippen LogP contribution in [0.25, 0.3) is 22.1 Å². The first-order chi connectivity index (χ1) is 21.5. The zero-order chi connectivity index (χ0) is 32.2. The summed E-state index contributed by atoms with van der Waals surface area (Å²) in [5.74, 6) is -1.73. The number of hydrogen-bond donors (Lipinski definition) is 0. The van der Waals surface area contributed by atoms with Gasteiger partial charge in [-0.25, -0.2) is 0 Å². The van der Waals surface area contributed by atoms with Crippen molar-refractivity contribution in [2.24, 2.45) is 0 Å². The van der Waals surface area contributed by atoms with Gasteiger partial charge in [0.1, 0.15) is 43.5 Å². The molecule has 0 spiro atoms. The molecule has 14 heteroatoms. The third-order valence-corrected chi connectivity index (χ3v) is 6.80. The number of hydrogen-bond acceptors (Lipinski definition) is 14. The third kappa shape index (κ3) is 7.17. The van der Waals surface area contributed by atoms with Gasteiger partial charge in [-0.2, -0.15) is 0 Å². The highest BCUT2D eigenvalue weighted by Crippen LogP contribution is 2.35. The summed E-state index contributed by atoms with van der Waals surface area (Å²) < 4.78 is 50.3. The number of esters is 4. The minimum absolute atomic E-state index is 0.124. The van der Waals surface area contributed by atoms with E-state index < -0.39 is 61.2 Å². The number of fused-ring (bicyclic) bond motifs is 2. The van der Waals surface area contributed by atoms with Crippen LogP contribution in [0.3, 0.4) is 0 Å². The smallest absolute Gasteiger partial charge is 0.303 e. The van der Waals surface area contributed by atoms with Crippen LogP contribution in [0.2, 0.25) is 0 Å². The third-order valence-electron chi connectivity index (χ3n) is 6.80. The lowest BCUT2D eigenvalue weighted by Gasteiger charge is -2.43. The summed E-state index contributed by atoms with van der Waals surface area (Å²) in [7, 11) is 0. The van der Waals surface area contributed by atoms with Gasteiger partial charge in [0.05, 0.1) is 10.9 Å². The average Bonchev–Trinajstić information content (AvgIpc) is 2.98. The Morgan fingerprint density at radius 3 is 2.13 bits per heavy atom. The van der Waals surface area contributed by atoms with E-state index in [1.165, 1.54) is 31.4 Å². The Morgan fingerprint density at radius 1 is 0.778 bits per heavy atom. The summed E-state index contributed by atoms with van der Waals surface area (Å²) in [5.41, 5.74) is 0.733. The fourth-order valence-corrected chi connectivity index (χ4v) is 5.01. The van der Waals surface area contributed by atoms with Crippen LogP contribution in [0.4, 0.5) is 0 Å². The zero-order valence-corrected chi connectivity index (χ0v) is 24.8. The van der Waals surface area contributed by atoms with Crippen molar-refractivity contribution < 1.29 is 61.5 Å². The molecule has 3 aromatic rings. The maximum atomic E-state index is 13.4. The fraction of sp³-hybridized carbons (Fsp3) is 0.387. The molecule has 0 N–H and O–H groups in total. The van der Waals surface area contributed by atoms with Gasteiger partial charge in [0, 0.05) is 33.8 Å². The van der Waals surface area contributed by atoms with E-state index in [1.807, 2.05) is 0 Å². The van der Waals surface area contributed by atoms with Crippen molar-refractivity contribution in [2.75, 3.05) is 19.8 Å². The second-order valence-electron chi connectivity index (χ2n) is 10.2. The summed E-state index contributed by atoms with van der Waals surface area (Å²) in [6.45, 7) is 4.96. The van der Waals surface area contributed by atoms with E-state index in [2.05, 4.69) is 0 Å². The number of rotatable bonds is 8. The molecule has 0 unspecified atom stereocenters. The normalized spacial score (nSPS) is 22.2. The molecule has 2 aliphatic rings. The highest BCUT2D eigenvalue weighted by molar-refractivity contribution is 5.83. The summed E-state index contributed by atoms with van der Waals surface area (Å²) in [6.07, 6.45) is -5.49. The molecule has 0 amide bonds. The maximum absolute atomic E-state index is 13.4. The van der Waals surface area contributed by atoms with Gasteiger partial charge in [0.25, 0.3) is 0 Å². The topological polar surface area (TPSA) is 172 Å². The highest BCUT2D eigenvalue weighted by Gasteiger charge is 2.53. The first-order valence-electron chi connectivity index (χ1n) is 13.9. The Bertz CT molecular complexity index is 1680. The molecular weight excluding hydrogens is 596 g/mol. The monoisotopic (exact) mass is 626 g/mol. The molecule has 1 saturated heterocycles. The van der Waals surface area contributed by atoms with Crippen molar-refractivity contribution >= 4 is 34.8 Å². The molecular formula is C31H30O14. The molecule has 45 heavy (non-hydrogen) atoms. The lowest BCUT2D eigenvalue weighted by Crippen LogP contribution is -2.63. The fourth-order valence-electron chi connectivity index (χ4n) is 5.01. The van der Waals surface area contributed by atoms with Crippen LogP contribution in [0.1, 0.15) is 27.7 Å². The van der Waals surface area contributed by atoms with Crippen molar-refractivity contribution in [3.8, 4) is 28.4 Å². The van der Waals surface area contributed by atoms with Gasteiger partial charge in [0.15, 0.2) is 29.1 Å².